The van der Waals surface area contributed by atoms with Gasteiger partial charge in [0, 0.05) is 0 Å². The maximum atomic E-state index is 9.40. The van der Waals surface area contributed by atoms with Crippen molar-refractivity contribution < 1.29 is 10.0 Å². The Labute approximate surface area is 123 Å². The first-order chi connectivity index (χ1) is 10.2. The van der Waals surface area contributed by atoms with Crippen LogP contribution in [-0.2, 0) is 0 Å². The van der Waals surface area contributed by atoms with Crippen molar-refractivity contribution >= 4 is 46.3 Å². The molecule has 3 heteroatoms. The monoisotopic (exact) mass is 274 g/mol. The molecule has 0 aliphatic heterocycles. The smallest absolute Gasteiger partial charge is 0.423 e. The first kappa shape index (κ1) is 13.6. The van der Waals surface area contributed by atoms with E-state index in [9.17, 15) is 10.0 Å². The van der Waals surface area contributed by atoms with Crippen LogP contribution in [0.25, 0.3) is 33.7 Å². The molecule has 0 atom stereocenters. The van der Waals surface area contributed by atoms with Crippen molar-refractivity contribution in [3.63, 3.8) is 0 Å². The number of hydrogen-bond donors (Lipinski definition) is 2. The average Bonchev–Trinajstić information content (AvgIpc) is 2.52. The molecule has 0 saturated heterocycles. The fourth-order valence-electron chi connectivity index (χ4n) is 2.86. The van der Waals surface area contributed by atoms with Crippen LogP contribution in [0.1, 0.15) is 11.1 Å². The lowest BCUT2D eigenvalue weighted by Crippen LogP contribution is -2.29. The van der Waals surface area contributed by atoms with E-state index >= 15 is 0 Å². The van der Waals surface area contributed by atoms with Crippen LogP contribution >= 0.6 is 0 Å². The highest BCUT2D eigenvalue weighted by molar-refractivity contribution is 6.59. The van der Waals surface area contributed by atoms with E-state index in [0.717, 1.165) is 32.7 Å². The van der Waals surface area contributed by atoms with Gasteiger partial charge in [-0.3, -0.25) is 0 Å². The fourth-order valence-corrected chi connectivity index (χ4v) is 2.86. The summed E-state index contributed by atoms with van der Waals surface area (Å²) in [6.07, 6.45) is 3.61. The van der Waals surface area contributed by atoms with Crippen molar-refractivity contribution in [1.29, 1.82) is 0 Å². The number of hydrogen-bond acceptors (Lipinski definition) is 2. The molecule has 0 radical (unpaired) electrons. The zero-order chi connectivity index (χ0) is 15.0. The van der Waals surface area contributed by atoms with Gasteiger partial charge < -0.3 is 10.0 Å². The number of benzene rings is 3. The van der Waals surface area contributed by atoms with Crippen molar-refractivity contribution in [2.45, 2.75) is 0 Å². The Morgan fingerprint density at radius 2 is 1.33 bits per heavy atom. The van der Waals surface area contributed by atoms with Crippen LogP contribution in [-0.4, -0.2) is 17.2 Å². The molecular weight excluding hydrogens is 259 g/mol. The van der Waals surface area contributed by atoms with Gasteiger partial charge in [0.05, 0.1) is 0 Å². The third-order valence-electron chi connectivity index (χ3n) is 3.84. The second-order valence-corrected chi connectivity index (χ2v) is 4.96. The minimum atomic E-state index is -1.48. The van der Waals surface area contributed by atoms with Crippen molar-refractivity contribution in [1.82, 2.24) is 0 Å². The topological polar surface area (TPSA) is 40.5 Å². The van der Waals surface area contributed by atoms with Crippen LogP contribution in [0.2, 0.25) is 0 Å². The maximum absolute atomic E-state index is 9.40. The van der Waals surface area contributed by atoms with Gasteiger partial charge >= 0.3 is 7.12 Å². The highest BCUT2D eigenvalue weighted by Crippen LogP contribution is 2.33. The second-order valence-electron chi connectivity index (χ2n) is 4.96. The third kappa shape index (κ3) is 2.07. The molecular formula is C18H15BO2. The van der Waals surface area contributed by atoms with E-state index < -0.39 is 7.12 Å². The van der Waals surface area contributed by atoms with Crippen molar-refractivity contribution in [3.8, 4) is 0 Å². The van der Waals surface area contributed by atoms with Gasteiger partial charge in [-0.2, -0.15) is 0 Å². The van der Waals surface area contributed by atoms with E-state index in [2.05, 4.69) is 25.3 Å². The summed E-state index contributed by atoms with van der Waals surface area (Å²) in [6.45, 7) is 7.81. The molecule has 0 saturated carbocycles. The Morgan fingerprint density at radius 1 is 0.762 bits per heavy atom. The van der Waals surface area contributed by atoms with E-state index in [1.165, 1.54) is 0 Å². The predicted molar refractivity (Wildman–Crippen MR) is 91.5 cm³/mol. The molecule has 0 spiro atoms. The Bertz CT molecular complexity index is 866. The molecule has 0 fully saturated rings. The molecule has 3 aromatic rings. The highest BCUT2D eigenvalue weighted by Gasteiger charge is 2.15. The molecule has 3 rings (SSSR count). The molecule has 21 heavy (non-hydrogen) atoms. The standard InChI is InChI=1S/C18H15BO2/c1-3-13-14(4-2)18-11-12(19(20)21)9-10-17(18)16-8-6-5-7-15(13)16/h3-11,20-21H,1-2H2. The minimum absolute atomic E-state index is 0.468. The summed E-state index contributed by atoms with van der Waals surface area (Å²) in [6, 6.07) is 13.6. The van der Waals surface area contributed by atoms with Gasteiger partial charge in [-0.1, -0.05) is 67.8 Å². The first-order valence-electron chi connectivity index (χ1n) is 6.76. The lowest BCUT2D eigenvalue weighted by atomic mass is 9.78. The second kappa shape index (κ2) is 5.21. The fraction of sp³-hybridized carbons (Fsp3) is 0. The molecule has 0 aliphatic rings. The largest absolute Gasteiger partial charge is 0.488 e. The Morgan fingerprint density at radius 3 is 1.95 bits per heavy atom. The molecule has 0 bridgehead atoms. The van der Waals surface area contributed by atoms with Crippen LogP contribution in [0, 0.1) is 0 Å². The maximum Gasteiger partial charge on any atom is 0.488 e. The predicted octanol–water partition coefficient (Wildman–Crippen LogP) is 2.96. The van der Waals surface area contributed by atoms with Crippen LogP contribution in [0.15, 0.2) is 55.6 Å². The summed E-state index contributed by atoms with van der Waals surface area (Å²) in [7, 11) is -1.48. The molecule has 2 N–H and O–H groups in total. The first-order valence-corrected chi connectivity index (χ1v) is 6.76. The highest BCUT2D eigenvalue weighted by atomic mass is 16.4. The van der Waals surface area contributed by atoms with Gasteiger partial charge in [-0.25, -0.2) is 0 Å². The minimum Gasteiger partial charge on any atom is -0.423 e. The quantitative estimate of drug-likeness (QED) is 0.569. The van der Waals surface area contributed by atoms with Crippen LogP contribution < -0.4 is 5.46 Å². The van der Waals surface area contributed by atoms with Gasteiger partial charge in [0.1, 0.15) is 0 Å². The van der Waals surface area contributed by atoms with E-state index in [1.54, 1.807) is 18.2 Å². The third-order valence-corrected chi connectivity index (χ3v) is 3.84. The summed E-state index contributed by atoms with van der Waals surface area (Å²) in [5.74, 6) is 0. The summed E-state index contributed by atoms with van der Waals surface area (Å²) in [5.41, 5.74) is 2.44. The molecule has 2 nitrogen and oxygen atoms in total. The average molecular weight is 274 g/mol. The van der Waals surface area contributed by atoms with Gasteiger partial charge in [0.2, 0.25) is 0 Å². The van der Waals surface area contributed by atoms with Gasteiger partial charge in [-0.15, -0.1) is 0 Å². The van der Waals surface area contributed by atoms with E-state index in [-0.39, 0.29) is 0 Å². The zero-order valence-corrected chi connectivity index (χ0v) is 11.6. The zero-order valence-electron chi connectivity index (χ0n) is 11.6. The Balaban J connectivity index is 2.57. The van der Waals surface area contributed by atoms with Crippen LogP contribution in [0.5, 0.6) is 0 Å². The molecule has 0 aliphatic carbocycles. The van der Waals surface area contributed by atoms with Crippen molar-refractivity contribution in [2.75, 3.05) is 0 Å². The molecule has 0 aromatic heterocycles. The van der Waals surface area contributed by atoms with Crippen molar-refractivity contribution in [2.24, 2.45) is 0 Å². The summed E-state index contributed by atoms with van der Waals surface area (Å²) < 4.78 is 0. The van der Waals surface area contributed by atoms with E-state index in [1.807, 2.05) is 24.3 Å². The van der Waals surface area contributed by atoms with Crippen LogP contribution in [0.3, 0.4) is 0 Å². The summed E-state index contributed by atoms with van der Waals surface area (Å²) >= 11 is 0. The number of fused-ring (bicyclic) bond motifs is 3. The number of rotatable bonds is 3. The van der Waals surface area contributed by atoms with Gasteiger partial charge in [-0.05, 0) is 38.1 Å². The van der Waals surface area contributed by atoms with Crippen LogP contribution in [0.4, 0.5) is 0 Å². The molecule has 0 heterocycles. The SMILES string of the molecule is C=Cc1c(C=C)c2cc(B(O)O)ccc2c2ccccc12. The Hall–Kier alpha value is -2.36. The molecule has 0 amide bonds. The van der Waals surface area contributed by atoms with Gasteiger partial charge in [0.15, 0.2) is 0 Å². The normalized spacial score (nSPS) is 10.8. The van der Waals surface area contributed by atoms with Gasteiger partial charge in [0.25, 0.3) is 0 Å². The lowest BCUT2D eigenvalue weighted by Gasteiger charge is -2.14. The molecule has 102 valence electrons. The summed E-state index contributed by atoms with van der Waals surface area (Å²) in [4.78, 5) is 0. The van der Waals surface area contributed by atoms with Crippen molar-refractivity contribution in [3.05, 3.63) is 66.7 Å². The Kier molecular flexibility index (Phi) is 3.38. The lowest BCUT2D eigenvalue weighted by molar-refractivity contribution is 0.426. The summed E-state index contributed by atoms with van der Waals surface area (Å²) in [5, 5.41) is 23.0. The van der Waals surface area contributed by atoms with E-state index in [0.29, 0.717) is 5.46 Å². The molecule has 3 aromatic carbocycles. The molecule has 0 unspecified atom stereocenters. The van der Waals surface area contributed by atoms with E-state index in [4.69, 9.17) is 0 Å².